The van der Waals surface area contributed by atoms with Crippen molar-refractivity contribution >= 4 is 5.91 Å². The number of likely N-dealkylation sites (tertiary alicyclic amines) is 1. The van der Waals surface area contributed by atoms with Crippen LogP contribution in [0.2, 0.25) is 0 Å². The van der Waals surface area contributed by atoms with Crippen LogP contribution in [0.5, 0.6) is 0 Å². The number of nitrogens with zero attached hydrogens (tertiary/aromatic N) is 1. The normalized spacial score (nSPS) is 30.7. The van der Waals surface area contributed by atoms with E-state index in [0.717, 1.165) is 19.0 Å². The van der Waals surface area contributed by atoms with E-state index in [9.17, 15) is 4.79 Å². The van der Waals surface area contributed by atoms with Crippen molar-refractivity contribution in [3.05, 3.63) is 0 Å². The van der Waals surface area contributed by atoms with Crippen LogP contribution in [0.15, 0.2) is 0 Å². The first kappa shape index (κ1) is 11.9. The fourth-order valence-corrected chi connectivity index (χ4v) is 2.77. The number of hydrogen-bond donors (Lipinski definition) is 1. The fraction of sp³-hybridized carbons (Fsp3) is 0.923. The van der Waals surface area contributed by atoms with Gasteiger partial charge in [0.25, 0.3) is 0 Å². The Morgan fingerprint density at radius 1 is 1.19 bits per heavy atom. The van der Waals surface area contributed by atoms with Crippen molar-refractivity contribution in [2.45, 2.75) is 51.5 Å². The molecule has 0 atom stereocenters. The molecule has 2 rings (SSSR count). The maximum atomic E-state index is 11.8. The highest BCUT2D eigenvalue weighted by atomic mass is 16.2. The monoisotopic (exact) mass is 224 g/mol. The summed E-state index contributed by atoms with van der Waals surface area (Å²) in [4.78, 5) is 13.8. The van der Waals surface area contributed by atoms with E-state index in [-0.39, 0.29) is 0 Å². The molecular formula is C13H24N2O. The van der Waals surface area contributed by atoms with Crippen LogP contribution in [0.1, 0.15) is 45.4 Å². The SMILES string of the molecule is CC1CCC(NCC(=O)N2CCCC2)CC1. The summed E-state index contributed by atoms with van der Waals surface area (Å²) in [5, 5.41) is 3.43. The van der Waals surface area contributed by atoms with Crippen LogP contribution < -0.4 is 5.32 Å². The third-order valence-corrected chi connectivity index (χ3v) is 4.02. The van der Waals surface area contributed by atoms with Crippen LogP contribution in [0, 0.1) is 5.92 Å². The van der Waals surface area contributed by atoms with Gasteiger partial charge in [0.1, 0.15) is 0 Å². The van der Waals surface area contributed by atoms with E-state index >= 15 is 0 Å². The molecule has 0 aromatic heterocycles. The molecule has 2 aliphatic rings. The average molecular weight is 224 g/mol. The van der Waals surface area contributed by atoms with Crippen LogP contribution in [-0.4, -0.2) is 36.5 Å². The molecule has 92 valence electrons. The summed E-state index contributed by atoms with van der Waals surface area (Å²) in [5.74, 6) is 1.18. The second-order valence-corrected chi connectivity index (χ2v) is 5.43. The van der Waals surface area contributed by atoms with Gasteiger partial charge in [-0.2, -0.15) is 0 Å². The number of carbonyl (C=O) groups excluding carboxylic acids is 1. The Morgan fingerprint density at radius 2 is 1.81 bits per heavy atom. The van der Waals surface area contributed by atoms with Gasteiger partial charge in [-0.3, -0.25) is 4.79 Å². The molecule has 3 heteroatoms. The number of rotatable bonds is 3. The lowest BCUT2D eigenvalue weighted by molar-refractivity contribution is -0.129. The third-order valence-electron chi connectivity index (χ3n) is 4.02. The highest BCUT2D eigenvalue weighted by Crippen LogP contribution is 2.23. The molecule has 0 bridgehead atoms. The van der Waals surface area contributed by atoms with E-state index in [1.54, 1.807) is 0 Å². The quantitative estimate of drug-likeness (QED) is 0.792. The van der Waals surface area contributed by atoms with E-state index < -0.39 is 0 Å². The summed E-state index contributed by atoms with van der Waals surface area (Å²) < 4.78 is 0. The molecule has 1 heterocycles. The van der Waals surface area contributed by atoms with E-state index in [2.05, 4.69) is 12.2 Å². The van der Waals surface area contributed by atoms with Crippen molar-refractivity contribution in [2.24, 2.45) is 5.92 Å². The smallest absolute Gasteiger partial charge is 0.236 e. The van der Waals surface area contributed by atoms with Gasteiger partial charge < -0.3 is 10.2 Å². The Balaban J connectivity index is 1.65. The highest BCUT2D eigenvalue weighted by Gasteiger charge is 2.21. The van der Waals surface area contributed by atoms with Gasteiger partial charge in [0.15, 0.2) is 0 Å². The number of hydrogen-bond acceptors (Lipinski definition) is 2. The number of nitrogens with one attached hydrogen (secondary N) is 1. The van der Waals surface area contributed by atoms with E-state index in [1.807, 2.05) is 4.90 Å². The van der Waals surface area contributed by atoms with Gasteiger partial charge in [-0.1, -0.05) is 6.92 Å². The van der Waals surface area contributed by atoms with Gasteiger partial charge in [0, 0.05) is 19.1 Å². The minimum absolute atomic E-state index is 0.302. The molecule has 1 N–H and O–H groups in total. The first-order valence-electron chi connectivity index (χ1n) is 6.77. The van der Waals surface area contributed by atoms with Gasteiger partial charge in [-0.15, -0.1) is 0 Å². The topological polar surface area (TPSA) is 32.3 Å². The predicted molar refractivity (Wildman–Crippen MR) is 65.2 cm³/mol. The van der Waals surface area contributed by atoms with Crippen molar-refractivity contribution in [1.82, 2.24) is 10.2 Å². The minimum Gasteiger partial charge on any atom is -0.342 e. The Hall–Kier alpha value is -0.570. The van der Waals surface area contributed by atoms with E-state index in [1.165, 1.54) is 38.5 Å². The highest BCUT2D eigenvalue weighted by molar-refractivity contribution is 5.78. The summed E-state index contributed by atoms with van der Waals surface area (Å²) in [6.45, 7) is 4.83. The number of amides is 1. The van der Waals surface area contributed by atoms with Gasteiger partial charge in [-0.05, 0) is 44.4 Å². The van der Waals surface area contributed by atoms with Crippen LogP contribution in [0.3, 0.4) is 0 Å². The third kappa shape index (κ3) is 3.21. The molecule has 0 aromatic rings. The predicted octanol–water partition coefficient (Wildman–Crippen LogP) is 1.78. The maximum Gasteiger partial charge on any atom is 0.236 e. The zero-order valence-electron chi connectivity index (χ0n) is 10.4. The van der Waals surface area contributed by atoms with Crippen molar-refractivity contribution < 1.29 is 4.79 Å². The molecule has 3 nitrogen and oxygen atoms in total. The standard InChI is InChI=1S/C13H24N2O/c1-11-4-6-12(7-5-11)14-10-13(16)15-8-2-3-9-15/h11-12,14H,2-10H2,1H3. The average Bonchev–Trinajstić information content (AvgIpc) is 2.81. The van der Waals surface area contributed by atoms with Crippen molar-refractivity contribution in [1.29, 1.82) is 0 Å². The second kappa shape index (κ2) is 5.67. The molecule has 0 unspecified atom stereocenters. The molecular weight excluding hydrogens is 200 g/mol. The molecule has 1 aliphatic heterocycles. The minimum atomic E-state index is 0.302. The van der Waals surface area contributed by atoms with Crippen LogP contribution in [0.25, 0.3) is 0 Å². The summed E-state index contributed by atoms with van der Waals surface area (Å²) in [5.41, 5.74) is 0. The van der Waals surface area contributed by atoms with Crippen LogP contribution >= 0.6 is 0 Å². The Kier molecular flexibility index (Phi) is 4.22. The Bertz CT molecular complexity index is 228. The lowest BCUT2D eigenvalue weighted by Gasteiger charge is -2.27. The summed E-state index contributed by atoms with van der Waals surface area (Å²) >= 11 is 0. The summed E-state index contributed by atoms with van der Waals surface area (Å²) in [6, 6.07) is 0.586. The van der Waals surface area contributed by atoms with Crippen molar-refractivity contribution in [3.63, 3.8) is 0 Å². The molecule has 1 aliphatic carbocycles. The molecule has 0 aromatic carbocycles. The van der Waals surface area contributed by atoms with Crippen LogP contribution in [-0.2, 0) is 4.79 Å². The molecule has 0 radical (unpaired) electrons. The van der Waals surface area contributed by atoms with E-state index in [0.29, 0.717) is 18.5 Å². The zero-order chi connectivity index (χ0) is 11.4. The molecule has 1 saturated carbocycles. The van der Waals surface area contributed by atoms with Crippen molar-refractivity contribution in [3.8, 4) is 0 Å². The molecule has 2 fully saturated rings. The van der Waals surface area contributed by atoms with Gasteiger partial charge in [0.2, 0.25) is 5.91 Å². The lowest BCUT2D eigenvalue weighted by atomic mass is 9.87. The lowest BCUT2D eigenvalue weighted by Crippen LogP contribution is -2.41. The first-order chi connectivity index (χ1) is 7.75. The molecule has 1 amide bonds. The van der Waals surface area contributed by atoms with Gasteiger partial charge in [-0.25, -0.2) is 0 Å². The van der Waals surface area contributed by atoms with Gasteiger partial charge >= 0.3 is 0 Å². The Morgan fingerprint density at radius 3 is 2.44 bits per heavy atom. The summed E-state index contributed by atoms with van der Waals surface area (Å²) in [6.07, 6.45) is 7.49. The first-order valence-corrected chi connectivity index (χ1v) is 6.77. The number of carbonyl (C=O) groups is 1. The van der Waals surface area contributed by atoms with E-state index in [4.69, 9.17) is 0 Å². The van der Waals surface area contributed by atoms with Crippen LogP contribution in [0.4, 0.5) is 0 Å². The molecule has 16 heavy (non-hydrogen) atoms. The van der Waals surface area contributed by atoms with Gasteiger partial charge in [0.05, 0.1) is 6.54 Å². The summed E-state index contributed by atoms with van der Waals surface area (Å²) in [7, 11) is 0. The zero-order valence-corrected chi connectivity index (χ0v) is 10.4. The Labute approximate surface area is 98.6 Å². The molecule has 0 spiro atoms. The maximum absolute atomic E-state index is 11.8. The molecule has 1 saturated heterocycles. The second-order valence-electron chi connectivity index (χ2n) is 5.43. The van der Waals surface area contributed by atoms with Crippen molar-refractivity contribution in [2.75, 3.05) is 19.6 Å². The largest absolute Gasteiger partial charge is 0.342 e. The fourth-order valence-electron chi connectivity index (χ4n) is 2.77.